The van der Waals surface area contributed by atoms with Crippen LogP contribution in [0.5, 0.6) is 11.5 Å². The molecule has 0 atom stereocenters. The standard InChI is InChI=1S/C21H23ClN2O4/c1-3-28-17-7-4-15(5-8-17)20(25)23-10-12-24(13-11-23)21(26)18-14-16(22)6-9-19(18)27-2/h4-9,14H,3,10-13H2,1-2H3. The molecule has 0 aliphatic carbocycles. The van der Waals surface area contributed by atoms with Gasteiger partial charge in [-0.25, -0.2) is 0 Å². The van der Waals surface area contributed by atoms with Crippen LogP contribution in [0.25, 0.3) is 0 Å². The first kappa shape index (κ1) is 20.0. The van der Waals surface area contributed by atoms with Crippen molar-refractivity contribution in [2.45, 2.75) is 6.92 Å². The zero-order valence-corrected chi connectivity index (χ0v) is 16.7. The molecule has 28 heavy (non-hydrogen) atoms. The van der Waals surface area contributed by atoms with Gasteiger partial charge in [-0.05, 0) is 49.4 Å². The maximum absolute atomic E-state index is 12.8. The third kappa shape index (κ3) is 4.39. The summed E-state index contributed by atoms with van der Waals surface area (Å²) in [5.41, 5.74) is 1.04. The monoisotopic (exact) mass is 402 g/mol. The Labute approximate surface area is 169 Å². The van der Waals surface area contributed by atoms with E-state index in [2.05, 4.69) is 0 Å². The van der Waals surface area contributed by atoms with Crippen LogP contribution in [0.15, 0.2) is 42.5 Å². The van der Waals surface area contributed by atoms with Gasteiger partial charge in [0.05, 0.1) is 19.3 Å². The third-order valence-corrected chi connectivity index (χ3v) is 4.89. The molecule has 3 rings (SSSR count). The number of hydrogen-bond acceptors (Lipinski definition) is 4. The first-order valence-corrected chi connectivity index (χ1v) is 9.56. The fraction of sp³-hybridized carbons (Fsp3) is 0.333. The summed E-state index contributed by atoms with van der Waals surface area (Å²) in [5, 5.41) is 0.480. The van der Waals surface area contributed by atoms with Crippen LogP contribution in [0, 0.1) is 0 Å². The highest BCUT2D eigenvalue weighted by Gasteiger charge is 2.27. The molecular weight excluding hydrogens is 380 g/mol. The normalized spacial score (nSPS) is 14.0. The molecule has 0 aromatic heterocycles. The minimum absolute atomic E-state index is 0.0458. The maximum Gasteiger partial charge on any atom is 0.257 e. The summed E-state index contributed by atoms with van der Waals surface area (Å²) in [4.78, 5) is 29.0. The summed E-state index contributed by atoms with van der Waals surface area (Å²) in [6, 6.07) is 12.1. The summed E-state index contributed by atoms with van der Waals surface area (Å²) < 4.78 is 10.7. The summed E-state index contributed by atoms with van der Waals surface area (Å²) in [5.74, 6) is 1.04. The van der Waals surface area contributed by atoms with Gasteiger partial charge in [0.1, 0.15) is 11.5 Å². The van der Waals surface area contributed by atoms with Crippen molar-refractivity contribution in [3.8, 4) is 11.5 Å². The van der Waals surface area contributed by atoms with E-state index in [9.17, 15) is 9.59 Å². The molecular formula is C21H23ClN2O4. The summed E-state index contributed by atoms with van der Waals surface area (Å²) in [6.45, 7) is 4.36. The van der Waals surface area contributed by atoms with Gasteiger partial charge in [0.15, 0.2) is 0 Å². The van der Waals surface area contributed by atoms with E-state index in [1.165, 1.54) is 7.11 Å². The molecule has 0 radical (unpaired) electrons. The quantitative estimate of drug-likeness (QED) is 0.769. The van der Waals surface area contributed by atoms with Crippen molar-refractivity contribution in [1.82, 2.24) is 9.80 Å². The molecule has 1 aliphatic heterocycles. The smallest absolute Gasteiger partial charge is 0.257 e. The Balaban J connectivity index is 1.63. The van der Waals surface area contributed by atoms with Crippen LogP contribution in [0.1, 0.15) is 27.6 Å². The van der Waals surface area contributed by atoms with Gasteiger partial charge in [0.2, 0.25) is 0 Å². The summed E-state index contributed by atoms with van der Waals surface area (Å²) in [7, 11) is 1.52. The predicted octanol–water partition coefficient (Wildman–Crippen LogP) is 3.35. The molecule has 1 saturated heterocycles. The van der Waals surface area contributed by atoms with Gasteiger partial charge < -0.3 is 19.3 Å². The van der Waals surface area contributed by atoms with Crippen molar-refractivity contribution < 1.29 is 19.1 Å². The molecule has 1 fully saturated rings. The molecule has 148 valence electrons. The van der Waals surface area contributed by atoms with Crippen molar-refractivity contribution in [2.24, 2.45) is 0 Å². The minimum Gasteiger partial charge on any atom is -0.496 e. The SMILES string of the molecule is CCOc1ccc(C(=O)N2CCN(C(=O)c3cc(Cl)ccc3OC)CC2)cc1. The highest BCUT2D eigenvalue weighted by atomic mass is 35.5. The van der Waals surface area contributed by atoms with E-state index < -0.39 is 0 Å². The van der Waals surface area contributed by atoms with Gasteiger partial charge in [0.25, 0.3) is 11.8 Å². The lowest BCUT2D eigenvalue weighted by Gasteiger charge is -2.35. The zero-order valence-electron chi connectivity index (χ0n) is 16.0. The lowest BCUT2D eigenvalue weighted by molar-refractivity contribution is 0.0533. The second kappa shape index (κ2) is 8.97. The van der Waals surface area contributed by atoms with Crippen LogP contribution in [0.4, 0.5) is 0 Å². The Morgan fingerprint density at radius 3 is 2.14 bits per heavy atom. The summed E-state index contributed by atoms with van der Waals surface area (Å²) in [6.07, 6.45) is 0. The number of methoxy groups -OCH3 is 1. The van der Waals surface area contributed by atoms with E-state index in [1.807, 2.05) is 6.92 Å². The topological polar surface area (TPSA) is 59.1 Å². The second-order valence-corrected chi connectivity index (χ2v) is 6.82. The second-order valence-electron chi connectivity index (χ2n) is 6.39. The number of carbonyl (C=O) groups excluding carboxylic acids is 2. The number of piperazine rings is 1. The van der Waals surface area contributed by atoms with Crippen molar-refractivity contribution in [3.05, 3.63) is 58.6 Å². The van der Waals surface area contributed by atoms with Crippen molar-refractivity contribution >= 4 is 23.4 Å². The van der Waals surface area contributed by atoms with Gasteiger partial charge in [0, 0.05) is 36.8 Å². The number of carbonyl (C=O) groups is 2. The van der Waals surface area contributed by atoms with Crippen LogP contribution in [-0.4, -0.2) is 61.5 Å². The molecule has 1 aliphatic rings. The highest BCUT2D eigenvalue weighted by Crippen LogP contribution is 2.25. The minimum atomic E-state index is -0.146. The molecule has 0 spiro atoms. The third-order valence-electron chi connectivity index (χ3n) is 4.66. The highest BCUT2D eigenvalue weighted by molar-refractivity contribution is 6.31. The van der Waals surface area contributed by atoms with E-state index in [0.29, 0.717) is 54.7 Å². The number of halogens is 1. The summed E-state index contributed by atoms with van der Waals surface area (Å²) >= 11 is 6.03. The van der Waals surface area contributed by atoms with Crippen LogP contribution in [0.2, 0.25) is 5.02 Å². The predicted molar refractivity (Wildman–Crippen MR) is 107 cm³/mol. The fourth-order valence-corrected chi connectivity index (χ4v) is 3.35. The van der Waals surface area contributed by atoms with Gasteiger partial charge in [-0.1, -0.05) is 11.6 Å². The fourth-order valence-electron chi connectivity index (χ4n) is 3.17. The Kier molecular flexibility index (Phi) is 6.41. The molecule has 0 saturated carbocycles. The van der Waals surface area contributed by atoms with Crippen LogP contribution >= 0.6 is 11.6 Å². The maximum atomic E-state index is 12.8. The van der Waals surface area contributed by atoms with Gasteiger partial charge >= 0.3 is 0 Å². The molecule has 0 unspecified atom stereocenters. The number of benzene rings is 2. The van der Waals surface area contributed by atoms with E-state index in [-0.39, 0.29) is 11.8 Å². The van der Waals surface area contributed by atoms with Crippen molar-refractivity contribution in [3.63, 3.8) is 0 Å². The van der Waals surface area contributed by atoms with E-state index in [1.54, 1.807) is 52.3 Å². The molecule has 1 heterocycles. The lowest BCUT2D eigenvalue weighted by Crippen LogP contribution is -2.50. The average Bonchev–Trinajstić information content (AvgIpc) is 2.73. The Hall–Kier alpha value is -2.73. The molecule has 2 aromatic rings. The van der Waals surface area contributed by atoms with Crippen LogP contribution in [-0.2, 0) is 0 Å². The molecule has 0 N–H and O–H groups in total. The van der Waals surface area contributed by atoms with Gasteiger partial charge in [-0.15, -0.1) is 0 Å². The Morgan fingerprint density at radius 1 is 0.964 bits per heavy atom. The van der Waals surface area contributed by atoms with Gasteiger partial charge in [-0.3, -0.25) is 9.59 Å². The number of hydrogen-bond donors (Lipinski definition) is 0. The first-order chi connectivity index (χ1) is 13.5. The van der Waals surface area contributed by atoms with E-state index >= 15 is 0 Å². The number of rotatable bonds is 5. The lowest BCUT2D eigenvalue weighted by atomic mass is 10.1. The number of nitrogens with zero attached hydrogens (tertiary/aromatic N) is 2. The first-order valence-electron chi connectivity index (χ1n) is 9.18. The zero-order chi connectivity index (χ0) is 20.1. The number of amides is 2. The molecule has 0 bridgehead atoms. The molecule has 2 amide bonds. The molecule has 7 heteroatoms. The Morgan fingerprint density at radius 2 is 1.57 bits per heavy atom. The van der Waals surface area contributed by atoms with Gasteiger partial charge in [-0.2, -0.15) is 0 Å². The Bertz CT molecular complexity index is 846. The van der Waals surface area contributed by atoms with Crippen LogP contribution in [0.3, 0.4) is 0 Å². The molecule has 6 nitrogen and oxygen atoms in total. The van der Waals surface area contributed by atoms with Crippen LogP contribution < -0.4 is 9.47 Å². The molecule has 2 aromatic carbocycles. The largest absolute Gasteiger partial charge is 0.496 e. The van der Waals surface area contributed by atoms with E-state index in [0.717, 1.165) is 5.75 Å². The van der Waals surface area contributed by atoms with Crippen molar-refractivity contribution in [1.29, 1.82) is 0 Å². The van der Waals surface area contributed by atoms with E-state index in [4.69, 9.17) is 21.1 Å². The average molecular weight is 403 g/mol. The number of ether oxygens (including phenoxy) is 2. The van der Waals surface area contributed by atoms with Crippen molar-refractivity contribution in [2.75, 3.05) is 39.9 Å².